The predicted molar refractivity (Wildman–Crippen MR) is 119 cm³/mol. The van der Waals surface area contributed by atoms with E-state index in [4.69, 9.17) is 34.8 Å². The summed E-state index contributed by atoms with van der Waals surface area (Å²) in [6.07, 6.45) is 5.24. The van der Waals surface area contributed by atoms with E-state index in [0.717, 1.165) is 25.7 Å². The Labute approximate surface area is 186 Å². The molecule has 0 unspecified atom stereocenters. The average Bonchev–Trinajstić information content (AvgIpc) is 2.74. The van der Waals surface area contributed by atoms with Gasteiger partial charge in [-0.2, -0.15) is 0 Å². The molecule has 0 saturated heterocycles. The first-order chi connectivity index (χ1) is 14.0. The number of amides is 2. The number of carbonyl (C=O) groups excluding carboxylic acids is 2. The maximum absolute atomic E-state index is 13.4. The molecule has 154 valence electrons. The van der Waals surface area contributed by atoms with Crippen molar-refractivity contribution in [1.82, 2.24) is 5.32 Å². The highest BCUT2D eigenvalue weighted by molar-refractivity contribution is 6.35. The third-order valence-electron chi connectivity index (χ3n) is 5.14. The van der Waals surface area contributed by atoms with E-state index in [9.17, 15) is 9.59 Å². The summed E-state index contributed by atoms with van der Waals surface area (Å²) in [5.74, 6) is -0.928. The number of hydrogen-bond acceptors (Lipinski definition) is 2. The first-order valence-corrected chi connectivity index (χ1v) is 11.0. The summed E-state index contributed by atoms with van der Waals surface area (Å²) < 4.78 is 0. The second kappa shape index (κ2) is 10.3. The van der Waals surface area contributed by atoms with Crippen LogP contribution >= 0.6 is 34.8 Å². The number of nitrogens with zero attached hydrogens (tertiary/aromatic N) is 1. The standard InChI is InChI=1S/C22H23Cl3N2O2/c23-14-20(28)27(19-9-5-4-8-18(19)25)21(15-10-12-16(24)13-11-15)22(29)26-17-6-2-1-3-7-17/h4-5,8-13,17,21H,1-3,6-7,14H2,(H,26,29)/t21-/m0/s1. The summed E-state index contributed by atoms with van der Waals surface area (Å²) in [7, 11) is 0. The van der Waals surface area contributed by atoms with Crippen LogP contribution in [0.2, 0.25) is 10.0 Å². The Morgan fingerprint density at radius 3 is 2.28 bits per heavy atom. The Morgan fingerprint density at radius 1 is 1.00 bits per heavy atom. The molecule has 0 spiro atoms. The molecule has 1 atom stereocenters. The van der Waals surface area contributed by atoms with E-state index in [1.54, 1.807) is 48.5 Å². The molecule has 2 amide bonds. The molecule has 0 radical (unpaired) electrons. The zero-order valence-corrected chi connectivity index (χ0v) is 18.2. The molecule has 0 bridgehead atoms. The lowest BCUT2D eigenvalue weighted by Crippen LogP contribution is -2.47. The third-order valence-corrected chi connectivity index (χ3v) is 5.94. The topological polar surface area (TPSA) is 49.4 Å². The van der Waals surface area contributed by atoms with Crippen molar-refractivity contribution in [3.05, 3.63) is 64.1 Å². The quantitative estimate of drug-likeness (QED) is 0.566. The van der Waals surface area contributed by atoms with Crippen molar-refractivity contribution in [1.29, 1.82) is 0 Å². The van der Waals surface area contributed by atoms with Crippen molar-refractivity contribution in [2.24, 2.45) is 0 Å². The number of benzene rings is 2. The molecule has 1 N–H and O–H groups in total. The number of rotatable bonds is 6. The van der Waals surface area contributed by atoms with Gasteiger partial charge in [-0.25, -0.2) is 0 Å². The molecule has 4 nitrogen and oxygen atoms in total. The van der Waals surface area contributed by atoms with Crippen molar-refractivity contribution in [2.75, 3.05) is 10.8 Å². The van der Waals surface area contributed by atoms with Gasteiger partial charge in [0.2, 0.25) is 11.8 Å². The number of alkyl halides is 1. The summed E-state index contributed by atoms with van der Waals surface area (Å²) in [5, 5.41) is 4.05. The monoisotopic (exact) mass is 452 g/mol. The van der Waals surface area contributed by atoms with Crippen LogP contribution in [0.4, 0.5) is 5.69 Å². The van der Waals surface area contributed by atoms with Crippen LogP contribution < -0.4 is 10.2 Å². The van der Waals surface area contributed by atoms with Gasteiger partial charge in [-0.15, -0.1) is 11.6 Å². The molecule has 1 aliphatic rings. The Bertz CT molecular complexity index is 851. The minimum Gasteiger partial charge on any atom is -0.351 e. The number of anilines is 1. The number of para-hydroxylation sites is 1. The molecule has 0 aromatic heterocycles. The number of nitrogens with one attached hydrogen (secondary N) is 1. The summed E-state index contributed by atoms with van der Waals surface area (Å²) in [4.78, 5) is 27.7. The zero-order chi connectivity index (χ0) is 20.8. The van der Waals surface area contributed by atoms with Gasteiger partial charge in [-0.1, -0.05) is 66.7 Å². The van der Waals surface area contributed by atoms with E-state index in [0.29, 0.717) is 21.3 Å². The van der Waals surface area contributed by atoms with Gasteiger partial charge < -0.3 is 5.32 Å². The number of hydrogen-bond donors (Lipinski definition) is 1. The first-order valence-electron chi connectivity index (χ1n) is 9.69. The number of halogens is 3. The van der Waals surface area contributed by atoms with Gasteiger partial charge in [0.15, 0.2) is 0 Å². The van der Waals surface area contributed by atoms with Crippen LogP contribution in [-0.4, -0.2) is 23.7 Å². The van der Waals surface area contributed by atoms with Crippen LogP contribution in [0.5, 0.6) is 0 Å². The highest BCUT2D eigenvalue weighted by atomic mass is 35.5. The smallest absolute Gasteiger partial charge is 0.248 e. The fraction of sp³-hybridized carbons (Fsp3) is 0.364. The Hall–Kier alpha value is -1.75. The Morgan fingerprint density at radius 2 is 1.66 bits per heavy atom. The lowest BCUT2D eigenvalue weighted by Gasteiger charge is -2.33. The molecule has 1 fully saturated rings. The second-order valence-electron chi connectivity index (χ2n) is 7.15. The summed E-state index contributed by atoms with van der Waals surface area (Å²) in [6.45, 7) is 0. The maximum atomic E-state index is 13.4. The third kappa shape index (κ3) is 5.44. The maximum Gasteiger partial charge on any atom is 0.248 e. The number of carbonyl (C=O) groups is 2. The Balaban J connectivity index is 2.03. The van der Waals surface area contributed by atoms with Crippen LogP contribution in [0.15, 0.2) is 48.5 Å². The Kier molecular flexibility index (Phi) is 7.82. The molecule has 2 aromatic rings. The van der Waals surface area contributed by atoms with Crippen LogP contribution in [0.1, 0.15) is 43.7 Å². The van der Waals surface area contributed by atoms with Gasteiger partial charge in [0, 0.05) is 11.1 Å². The van der Waals surface area contributed by atoms with Crippen molar-refractivity contribution in [2.45, 2.75) is 44.2 Å². The van der Waals surface area contributed by atoms with E-state index in [-0.39, 0.29) is 17.8 Å². The van der Waals surface area contributed by atoms with Crippen LogP contribution in [0.3, 0.4) is 0 Å². The van der Waals surface area contributed by atoms with Crippen molar-refractivity contribution < 1.29 is 9.59 Å². The SMILES string of the molecule is O=C(NC1CCCCC1)[C@H](c1ccc(Cl)cc1)N(C(=O)CCl)c1ccccc1Cl. The lowest BCUT2D eigenvalue weighted by molar-refractivity contribution is -0.126. The molecule has 3 rings (SSSR count). The predicted octanol–water partition coefficient (Wildman–Crippen LogP) is 5.76. The molecular formula is C22H23Cl3N2O2. The first kappa shape index (κ1) is 21.9. The summed E-state index contributed by atoms with van der Waals surface area (Å²) >= 11 is 18.3. The largest absolute Gasteiger partial charge is 0.351 e. The van der Waals surface area contributed by atoms with Crippen LogP contribution in [-0.2, 0) is 9.59 Å². The van der Waals surface area contributed by atoms with Gasteiger partial charge >= 0.3 is 0 Å². The van der Waals surface area contributed by atoms with Crippen molar-refractivity contribution >= 4 is 52.3 Å². The van der Waals surface area contributed by atoms with E-state index >= 15 is 0 Å². The molecule has 2 aromatic carbocycles. The zero-order valence-electron chi connectivity index (χ0n) is 15.9. The highest BCUT2D eigenvalue weighted by Gasteiger charge is 2.34. The molecule has 29 heavy (non-hydrogen) atoms. The van der Waals surface area contributed by atoms with Crippen LogP contribution in [0.25, 0.3) is 0 Å². The van der Waals surface area contributed by atoms with E-state index in [2.05, 4.69) is 5.32 Å². The fourth-order valence-corrected chi connectivity index (χ4v) is 4.20. The normalized spacial score (nSPS) is 15.6. The van der Waals surface area contributed by atoms with Gasteiger partial charge in [0.25, 0.3) is 0 Å². The second-order valence-corrected chi connectivity index (χ2v) is 8.26. The average molecular weight is 454 g/mol. The molecule has 1 saturated carbocycles. The summed E-state index contributed by atoms with van der Waals surface area (Å²) in [6, 6.07) is 13.0. The molecular weight excluding hydrogens is 431 g/mol. The van der Waals surface area contributed by atoms with Crippen molar-refractivity contribution in [3.8, 4) is 0 Å². The minimum atomic E-state index is -0.902. The highest BCUT2D eigenvalue weighted by Crippen LogP contribution is 2.34. The van der Waals surface area contributed by atoms with E-state index in [1.165, 1.54) is 11.3 Å². The van der Waals surface area contributed by atoms with Gasteiger partial charge in [0.05, 0.1) is 10.7 Å². The van der Waals surface area contributed by atoms with Gasteiger partial charge in [0.1, 0.15) is 11.9 Å². The molecule has 7 heteroatoms. The fourth-order valence-electron chi connectivity index (χ4n) is 3.72. The van der Waals surface area contributed by atoms with E-state index in [1.807, 2.05) is 0 Å². The van der Waals surface area contributed by atoms with Crippen molar-refractivity contribution in [3.63, 3.8) is 0 Å². The van der Waals surface area contributed by atoms with Crippen LogP contribution in [0, 0.1) is 0 Å². The molecule has 0 aliphatic heterocycles. The summed E-state index contributed by atoms with van der Waals surface area (Å²) in [5.41, 5.74) is 1.08. The molecule has 1 aliphatic carbocycles. The molecule has 0 heterocycles. The van der Waals surface area contributed by atoms with Gasteiger partial charge in [-0.05, 0) is 42.7 Å². The minimum absolute atomic E-state index is 0.102. The van der Waals surface area contributed by atoms with E-state index < -0.39 is 11.9 Å². The van der Waals surface area contributed by atoms with Gasteiger partial charge in [-0.3, -0.25) is 14.5 Å². The lowest BCUT2D eigenvalue weighted by atomic mass is 9.94.